The number of allylic oxidation sites excluding steroid dienone is 1. The van der Waals surface area contributed by atoms with Gasteiger partial charge in [-0.1, -0.05) is 25.8 Å². The molecule has 0 aliphatic rings. The van der Waals surface area contributed by atoms with Gasteiger partial charge in [0, 0.05) is 12.2 Å². The Labute approximate surface area is 110 Å². The summed E-state index contributed by atoms with van der Waals surface area (Å²) in [6.07, 6.45) is 6.69. The van der Waals surface area contributed by atoms with E-state index in [9.17, 15) is 9.90 Å². The Balaban J connectivity index is 3.70. The van der Waals surface area contributed by atoms with E-state index in [2.05, 4.69) is 0 Å². The van der Waals surface area contributed by atoms with E-state index >= 15 is 0 Å². The molecule has 4 nitrogen and oxygen atoms in total. The molecular weight excluding hydrogens is 232 g/mol. The molecule has 0 aliphatic heterocycles. The van der Waals surface area contributed by atoms with Crippen molar-refractivity contribution in [2.24, 2.45) is 0 Å². The van der Waals surface area contributed by atoms with Crippen molar-refractivity contribution in [1.29, 1.82) is 0 Å². The summed E-state index contributed by atoms with van der Waals surface area (Å²) < 4.78 is 4.96. The van der Waals surface area contributed by atoms with Gasteiger partial charge < -0.3 is 14.9 Å². The number of carbonyl (C=O) groups excluding carboxylic acids is 1. The number of hydrogen-bond acceptors (Lipinski definition) is 4. The van der Waals surface area contributed by atoms with Gasteiger partial charge in [-0.15, -0.1) is 0 Å². The fraction of sp³-hybridized carbons (Fsp3) is 0.786. The molecule has 2 N–H and O–H groups in total. The topological polar surface area (TPSA) is 66.8 Å². The molecule has 0 heterocycles. The highest BCUT2D eigenvalue weighted by Crippen LogP contribution is 2.07. The van der Waals surface area contributed by atoms with E-state index in [4.69, 9.17) is 9.84 Å². The summed E-state index contributed by atoms with van der Waals surface area (Å²) >= 11 is 0. The lowest BCUT2D eigenvalue weighted by Crippen LogP contribution is -2.18. The third-order valence-electron chi connectivity index (χ3n) is 2.76. The summed E-state index contributed by atoms with van der Waals surface area (Å²) in [5, 5.41) is 17.9. The van der Waals surface area contributed by atoms with Gasteiger partial charge in [0.05, 0.1) is 6.10 Å². The van der Waals surface area contributed by atoms with E-state index in [1.165, 1.54) is 0 Å². The molecule has 106 valence electrons. The maximum Gasteiger partial charge on any atom is 0.333 e. The van der Waals surface area contributed by atoms with E-state index in [1.54, 1.807) is 6.92 Å². The average molecular weight is 258 g/mol. The number of aliphatic hydroxyl groups excluding tert-OH is 2. The normalized spacial score (nSPS) is 13.4. The number of esters is 1. The van der Waals surface area contributed by atoms with Crippen LogP contribution in [0.15, 0.2) is 11.6 Å². The molecule has 0 aromatic heterocycles. The van der Waals surface area contributed by atoms with Crippen molar-refractivity contribution in [1.82, 2.24) is 0 Å². The molecule has 0 saturated heterocycles. The van der Waals surface area contributed by atoms with Crippen LogP contribution in [0.5, 0.6) is 0 Å². The quantitative estimate of drug-likeness (QED) is 0.358. The standard InChI is InChI=1S/C14H26O4/c1-3-13(16)11-18-14(17)12(2)9-7-5-4-6-8-10-15/h9,13,15-16H,3-8,10-11H2,1-2H3. The van der Waals surface area contributed by atoms with Gasteiger partial charge in [0.1, 0.15) is 6.61 Å². The van der Waals surface area contributed by atoms with Crippen LogP contribution in [0.4, 0.5) is 0 Å². The Morgan fingerprint density at radius 3 is 2.56 bits per heavy atom. The molecule has 4 heteroatoms. The summed E-state index contributed by atoms with van der Waals surface area (Å²) in [6, 6.07) is 0. The summed E-state index contributed by atoms with van der Waals surface area (Å²) in [5.41, 5.74) is 0.598. The Hall–Kier alpha value is -0.870. The highest BCUT2D eigenvalue weighted by molar-refractivity contribution is 5.87. The van der Waals surface area contributed by atoms with Crippen LogP contribution in [0.3, 0.4) is 0 Å². The molecule has 1 atom stereocenters. The van der Waals surface area contributed by atoms with Gasteiger partial charge in [-0.2, -0.15) is 0 Å². The SMILES string of the molecule is CCC(O)COC(=O)C(C)=CCCCCCCO. The fourth-order valence-electron chi connectivity index (χ4n) is 1.42. The molecule has 18 heavy (non-hydrogen) atoms. The zero-order valence-corrected chi connectivity index (χ0v) is 11.5. The fourth-order valence-corrected chi connectivity index (χ4v) is 1.42. The summed E-state index contributed by atoms with van der Waals surface area (Å²) in [6.45, 7) is 3.89. The van der Waals surface area contributed by atoms with Crippen molar-refractivity contribution in [3.63, 3.8) is 0 Å². The summed E-state index contributed by atoms with van der Waals surface area (Å²) in [7, 11) is 0. The lowest BCUT2D eigenvalue weighted by molar-refractivity contribution is -0.141. The second kappa shape index (κ2) is 11.2. The van der Waals surface area contributed by atoms with Crippen LogP contribution in [0.2, 0.25) is 0 Å². The molecule has 0 spiro atoms. The summed E-state index contributed by atoms with van der Waals surface area (Å²) in [4.78, 5) is 11.5. The molecule has 0 bridgehead atoms. The molecule has 0 amide bonds. The van der Waals surface area contributed by atoms with Crippen molar-refractivity contribution in [2.75, 3.05) is 13.2 Å². The Morgan fingerprint density at radius 1 is 1.28 bits per heavy atom. The smallest absolute Gasteiger partial charge is 0.333 e. The molecule has 0 aliphatic carbocycles. The number of hydrogen-bond donors (Lipinski definition) is 2. The number of aliphatic hydroxyl groups is 2. The van der Waals surface area contributed by atoms with Crippen LogP contribution in [0, 0.1) is 0 Å². The maximum atomic E-state index is 11.5. The van der Waals surface area contributed by atoms with Crippen LogP contribution < -0.4 is 0 Å². The Morgan fingerprint density at radius 2 is 1.94 bits per heavy atom. The molecule has 0 rings (SSSR count). The van der Waals surface area contributed by atoms with Crippen molar-refractivity contribution < 1.29 is 19.7 Å². The second-order valence-corrected chi connectivity index (χ2v) is 4.47. The third-order valence-corrected chi connectivity index (χ3v) is 2.76. The van der Waals surface area contributed by atoms with Gasteiger partial charge >= 0.3 is 5.97 Å². The predicted molar refractivity (Wildman–Crippen MR) is 71.2 cm³/mol. The Bertz CT molecular complexity index is 248. The lowest BCUT2D eigenvalue weighted by Gasteiger charge is -2.09. The molecule has 0 aromatic rings. The molecular formula is C14H26O4. The van der Waals surface area contributed by atoms with E-state index in [0.717, 1.165) is 32.1 Å². The number of carbonyl (C=O) groups is 1. The highest BCUT2D eigenvalue weighted by Gasteiger charge is 2.08. The molecule has 0 saturated carbocycles. The van der Waals surface area contributed by atoms with Crippen molar-refractivity contribution in [3.05, 3.63) is 11.6 Å². The molecule has 0 radical (unpaired) electrons. The first-order valence-corrected chi connectivity index (χ1v) is 6.74. The number of ether oxygens (including phenoxy) is 1. The lowest BCUT2D eigenvalue weighted by atomic mass is 10.1. The average Bonchev–Trinajstić information content (AvgIpc) is 2.39. The third kappa shape index (κ3) is 9.19. The molecule has 0 fully saturated rings. The Kier molecular flexibility index (Phi) is 10.7. The molecule has 1 unspecified atom stereocenters. The zero-order valence-electron chi connectivity index (χ0n) is 11.5. The van der Waals surface area contributed by atoms with Crippen LogP contribution in [0.25, 0.3) is 0 Å². The maximum absolute atomic E-state index is 11.5. The number of rotatable bonds is 10. The van der Waals surface area contributed by atoms with E-state index in [0.29, 0.717) is 12.0 Å². The first-order valence-electron chi connectivity index (χ1n) is 6.74. The number of unbranched alkanes of at least 4 members (excludes halogenated alkanes) is 4. The largest absolute Gasteiger partial charge is 0.460 e. The van der Waals surface area contributed by atoms with E-state index in [1.807, 2.05) is 13.0 Å². The highest BCUT2D eigenvalue weighted by atomic mass is 16.5. The van der Waals surface area contributed by atoms with Crippen LogP contribution in [0.1, 0.15) is 52.4 Å². The zero-order chi connectivity index (χ0) is 13.8. The van der Waals surface area contributed by atoms with Gasteiger partial charge in [0.2, 0.25) is 0 Å². The van der Waals surface area contributed by atoms with E-state index < -0.39 is 6.10 Å². The predicted octanol–water partition coefficient (Wildman–Crippen LogP) is 2.19. The van der Waals surface area contributed by atoms with Crippen molar-refractivity contribution in [3.8, 4) is 0 Å². The minimum Gasteiger partial charge on any atom is -0.460 e. The first-order chi connectivity index (χ1) is 8.61. The summed E-state index contributed by atoms with van der Waals surface area (Å²) in [5.74, 6) is -0.349. The molecule has 0 aromatic carbocycles. The van der Waals surface area contributed by atoms with Crippen molar-refractivity contribution in [2.45, 2.75) is 58.5 Å². The van der Waals surface area contributed by atoms with Gasteiger partial charge in [0.25, 0.3) is 0 Å². The van der Waals surface area contributed by atoms with Gasteiger partial charge in [-0.25, -0.2) is 4.79 Å². The van der Waals surface area contributed by atoms with E-state index in [-0.39, 0.29) is 19.2 Å². The second-order valence-electron chi connectivity index (χ2n) is 4.47. The van der Waals surface area contributed by atoms with Gasteiger partial charge in [0.15, 0.2) is 0 Å². The first kappa shape index (κ1) is 17.1. The van der Waals surface area contributed by atoms with Gasteiger partial charge in [-0.05, 0) is 32.6 Å². The van der Waals surface area contributed by atoms with Crippen LogP contribution >= 0.6 is 0 Å². The van der Waals surface area contributed by atoms with Crippen LogP contribution in [-0.4, -0.2) is 35.5 Å². The minimum atomic E-state index is -0.569. The minimum absolute atomic E-state index is 0.0665. The van der Waals surface area contributed by atoms with Crippen molar-refractivity contribution >= 4 is 5.97 Å². The van der Waals surface area contributed by atoms with Crippen LogP contribution in [-0.2, 0) is 9.53 Å². The van der Waals surface area contributed by atoms with Gasteiger partial charge in [-0.3, -0.25) is 0 Å². The monoisotopic (exact) mass is 258 g/mol.